The van der Waals surface area contributed by atoms with Crippen LogP contribution in [-0.2, 0) is 21.2 Å². The fourth-order valence-electron chi connectivity index (χ4n) is 2.92. The number of nitrogens with zero attached hydrogens (tertiary/aromatic N) is 1. The lowest BCUT2D eigenvalue weighted by atomic mass is 9.93. The van der Waals surface area contributed by atoms with Gasteiger partial charge in [0.15, 0.2) is 0 Å². The number of ether oxygens (including phenoxy) is 1. The SMILES string of the molecule is N#Cc1ccc(C[C@H]2COCC[C@@H]2S(=O)(=O)NC2CC2)cc1. The average molecular weight is 320 g/mol. The molecule has 1 aliphatic heterocycles. The van der Waals surface area contributed by atoms with Crippen LogP contribution >= 0.6 is 0 Å². The van der Waals surface area contributed by atoms with E-state index in [1.165, 1.54) is 0 Å². The second-order valence-corrected chi connectivity index (χ2v) is 8.04. The lowest BCUT2D eigenvalue weighted by molar-refractivity contribution is 0.0570. The van der Waals surface area contributed by atoms with E-state index in [1.54, 1.807) is 12.1 Å². The maximum Gasteiger partial charge on any atom is 0.215 e. The summed E-state index contributed by atoms with van der Waals surface area (Å²) >= 11 is 0. The molecule has 5 nitrogen and oxygen atoms in total. The summed E-state index contributed by atoms with van der Waals surface area (Å²) in [5, 5.41) is 8.44. The van der Waals surface area contributed by atoms with E-state index in [0.717, 1.165) is 18.4 Å². The highest BCUT2D eigenvalue weighted by Gasteiger charge is 2.39. The van der Waals surface area contributed by atoms with Gasteiger partial charge in [0.2, 0.25) is 10.0 Å². The first kappa shape index (κ1) is 15.5. The standard InChI is InChI=1S/C16H20N2O3S/c17-10-13-3-1-12(2-4-13)9-14-11-21-8-7-16(14)22(19,20)18-15-5-6-15/h1-4,14-16,18H,5-9,11H2/t14-,16-/m0/s1. The number of nitrogens with one attached hydrogen (secondary N) is 1. The molecular weight excluding hydrogens is 300 g/mol. The van der Waals surface area contributed by atoms with Crippen molar-refractivity contribution in [3.8, 4) is 6.07 Å². The van der Waals surface area contributed by atoms with Crippen LogP contribution in [0, 0.1) is 17.2 Å². The van der Waals surface area contributed by atoms with Crippen molar-refractivity contribution in [3.05, 3.63) is 35.4 Å². The summed E-state index contributed by atoms with van der Waals surface area (Å²) in [5.74, 6) is -0.0436. The Labute approximate surface area is 131 Å². The number of hydrogen-bond donors (Lipinski definition) is 1. The zero-order chi connectivity index (χ0) is 15.6. The average Bonchev–Trinajstić information content (AvgIpc) is 3.32. The molecule has 2 fully saturated rings. The van der Waals surface area contributed by atoms with Crippen LogP contribution < -0.4 is 4.72 Å². The van der Waals surface area contributed by atoms with Crippen LogP contribution in [0.15, 0.2) is 24.3 Å². The predicted octanol–water partition coefficient (Wildman–Crippen LogP) is 1.59. The van der Waals surface area contributed by atoms with E-state index >= 15 is 0 Å². The first-order valence-electron chi connectivity index (χ1n) is 7.66. The quantitative estimate of drug-likeness (QED) is 0.893. The molecule has 0 bridgehead atoms. The molecule has 0 amide bonds. The lowest BCUT2D eigenvalue weighted by Gasteiger charge is -2.31. The van der Waals surface area contributed by atoms with Gasteiger partial charge < -0.3 is 4.74 Å². The van der Waals surface area contributed by atoms with Crippen molar-refractivity contribution in [2.24, 2.45) is 5.92 Å². The molecule has 1 heterocycles. The first-order valence-corrected chi connectivity index (χ1v) is 9.21. The number of nitriles is 1. The summed E-state index contributed by atoms with van der Waals surface area (Å²) in [6.45, 7) is 0.969. The monoisotopic (exact) mass is 320 g/mol. The van der Waals surface area contributed by atoms with E-state index in [1.807, 2.05) is 12.1 Å². The molecule has 1 aromatic rings. The van der Waals surface area contributed by atoms with Crippen LogP contribution in [0.25, 0.3) is 0 Å². The van der Waals surface area contributed by atoms with Gasteiger partial charge in [0, 0.05) is 18.6 Å². The summed E-state index contributed by atoms with van der Waals surface area (Å²) < 4.78 is 33.4. The molecule has 2 aliphatic rings. The minimum atomic E-state index is -3.28. The van der Waals surface area contributed by atoms with E-state index in [-0.39, 0.29) is 12.0 Å². The predicted molar refractivity (Wildman–Crippen MR) is 82.7 cm³/mol. The van der Waals surface area contributed by atoms with Gasteiger partial charge in [-0.2, -0.15) is 5.26 Å². The zero-order valence-electron chi connectivity index (χ0n) is 12.4. The van der Waals surface area contributed by atoms with Gasteiger partial charge in [0.05, 0.1) is 23.5 Å². The Hall–Kier alpha value is -1.42. The topological polar surface area (TPSA) is 79.2 Å². The van der Waals surface area contributed by atoms with Crippen LogP contribution in [-0.4, -0.2) is 32.9 Å². The van der Waals surface area contributed by atoms with Gasteiger partial charge in [-0.25, -0.2) is 13.1 Å². The lowest BCUT2D eigenvalue weighted by Crippen LogP contribution is -2.45. The molecule has 1 aromatic carbocycles. The first-order chi connectivity index (χ1) is 10.6. The van der Waals surface area contributed by atoms with E-state index in [2.05, 4.69) is 10.8 Å². The van der Waals surface area contributed by atoms with Crippen LogP contribution in [0.3, 0.4) is 0 Å². The summed E-state index contributed by atoms with van der Waals surface area (Å²) in [5.41, 5.74) is 1.66. The van der Waals surface area contributed by atoms with Crippen LogP contribution in [0.2, 0.25) is 0 Å². The van der Waals surface area contributed by atoms with E-state index in [0.29, 0.717) is 31.6 Å². The molecule has 1 saturated heterocycles. The van der Waals surface area contributed by atoms with Crippen LogP contribution in [0.1, 0.15) is 30.4 Å². The molecular formula is C16H20N2O3S. The van der Waals surface area contributed by atoms with Crippen molar-refractivity contribution < 1.29 is 13.2 Å². The highest BCUT2D eigenvalue weighted by molar-refractivity contribution is 7.90. The Morgan fingerprint density at radius 3 is 2.59 bits per heavy atom. The second-order valence-electron chi connectivity index (χ2n) is 6.11. The molecule has 118 valence electrons. The molecule has 0 unspecified atom stereocenters. The smallest absolute Gasteiger partial charge is 0.215 e. The van der Waals surface area contributed by atoms with Crippen molar-refractivity contribution in [1.29, 1.82) is 5.26 Å². The number of sulfonamides is 1. The molecule has 0 spiro atoms. The number of rotatable bonds is 5. The highest BCUT2D eigenvalue weighted by Crippen LogP contribution is 2.28. The van der Waals surface area contributed by atoms with Gasteiger partial charge in [-0.05, 0) is 43.4 Å². The summed E-state index contributed by atoms with van der Waals surface area (Å²) in [4.78, 5) is 0. The van der Waals surface area contributed by atoms with Gasteiger partial charge in [0.25, 0.3) is 0 Å². The third-order valence-electron chi connectivity index (χ3n) is 4.29. The van der Waals surface area contributed by atoms with Crippen molar-refractivity contribution >= 4 is 10.0 Å². The minimum absolute atomic E-state index is 0.0436. The van der Waals surface area contributed by atoms with Gasteiger partial charge in [0.1, 0.15) is 0 Å². The maximum atomic E-state index is 12.5. The number of hydrogen-bond acceptors (Lipinski definition) is 4. The minimum Gasteiger partial charge on any atom is -0.381 e. The highest BCUT2D eigenvalue weighted by atomic mass is 32.2. The van der Waals surface area contributed by atoms with Crippen molar-refractivity contribution in [2.45, 2.75) is 37.0 Å². The molecule has 1 aliphatic carbocycles. The molecule has 3 rings (SSSR count). The van der Waals surface area contributed by atoms with Gasteiger partial charge in [-0.1, -0.05) is 12.1 Å². The molecule has 0 aromatic heterocycles. The van der Waals surface area contributed by atoms with Gasteiger partial charge in [-0.15, -0.1) is 0 Å². The summed E-state index contributed by atoms with van der Waals surface area (Å²) in [6.07, 6.45) is 3.09. The molecule has 1 N–H and O–H groups in total. The zero-order valence-corrected chi connectivity index (χ0v) is 13.2. The maximum absolute atomic E-state index is 12.5. The molecule has 1 saturated carbocycles. The Morgan fingerprint density at radius 2 is 1.95 bits per heavy atom. The van der Waals surface area contributed by atoms with Crippen molar-refractivity contribution in [2.75, 3.05) is 13.2 Å². The van der Waals surface area contributed by atoms with Gasteiger partial charge in [-0.3, -0.25) is 0 Å². The third kappa shape index (κ3) is 3.67. The molecule has 22 heavy (non-hydrogen) atoms. The number of benzene rings is 1. The summed E-state index contributed by atoms with van der Waals surface area (Å²) in [6, 6.07) is 9.56. The molecule has 2 atom stereocenters. The summed E-state index contributed by atoms with van der Waals surface area (Å²) in [7, 11) is -3.28. The Morgan fingerprint density at radius 1 is 1.23 bits per heavy atom. The second kappa shape index (κ2) is 6.37. The normalized spacial score (nSPS) is 25.6. The Bertz CT molecular complexity index is 660. The van der Waals surface area contributed by atoms with E-state index < -0.39 is 15.3 Å². The Balaban J connectivity index is 1.72. The van der Waals surface area contributed by atoms with E-state index in [9.17, 15) is 8.42 Å². The third-order valence-corrected chi connectivity index (χ3v) is 6.37. The molecule has 6 heteroatoms. The van der Waals surface area contributed by atoms with Gasteiger partial charge >= 0.3 is 0 Å². The molecule has 0 radical (unpaired) electrons. The van der Waals surface area contributed by atoms with E-state index in [4.69, 9.17) is 10.00 Å². The Kier molecular flexibility index (Phi) is 4.48. The van der Waals surface area contributed by atoms with Crippen LogP contribution in [0.4, 0.5) is 0 Å². The van der Waals surface area contributed by atoms with Crippen LogP contribution in [0.5, 0.6) is 0 Å². The fourth-order valence-corrected chi connectivity index (χ4v) is 4.88. The van der Waals surface area contributed by atoms with Crippen molar-refractivity contribution in [3.63, 3.8) is 0 Å². The largest absolute Gasteiger partial charge is 0.381 e. The fraction of sp³-hybridized carbons (Fsp3) is 0.562. The van der Waals surface area contributed by atoms with Crippen molar-refractivity contribution in [1.82, 2.24) is 4.72 Å².